The van der Waals surface area contributed by atoms with Gasteiger partial charge in [-0.05, 0) is 19.6 Å². The molecule has 0 spiro atoms. The zero-order valence-corrected chi connectivity index (χ0v) is 11.3. The SMILES string of the molecule is CCCC.C[Si](C)(C)O[SiH3]. The molecule has 0 rings (SSSR count). The largest absolute Gasteiger partial charge is 0.464 e. The maximum Gasteiger partial charge on any atom is 0.169 e. The molecule has 0 bridgehead atoms. The number of hydrogen-bond acceptors (Lipinski definition) is 1. The molecule has 0 aromatic heterocycles. The van der Waals surface area contributed by atoms with Gasteiger partial charge in [-0.25, -0.2) is 0 Å². The van der Waals surface area contributed by atoms with Crippen LogP contribution in [-0.4, -0.2) is 18.8 Å². The molecule has 0 atom stereocenters. The lowest BCUT2D eigenvalue weighted by Gasteiger charge is -2.11. The topological polar surface area (TPSA) is 9.23 Å². The molecule has 1 nitrogen and oxygen atoms in total. The lowest BCUT2D eigenvalue weighted by atomic mass is 10.4. The molecule has 0 unspecified atom stereocenters. The average Bonchev–Trinajstić information content (AvgIpc) is 1.87. The Hall–Kier alpha value is 0.394. The Bertz CT molecular complexity index is 57.1. The van der Waals surface area contributed by atoms with Crippen molar-refractivity contribution < 1.29 is 4.12 Å². The summed E-state index contributed by atoms with van der Waals surface area (Å²) in [6.45, 7) is 10.9. The summed E-state index contributed by atoms with van der Waals surface area (Å²) in [5, 5.41) is 0. The van der Waals surface area contributed by atoms with Gasteiger partial charge in [-0.3, -0.25) is 0 Å². The minimum atomic E-state index is -1.07. The summed E-state index contributed by atoms with van der Waals surface area (Å²) >= 11 is 0. The van der Waals surface area contributed by atoms with Crippen LogP contribution in [0.5, 0.6) is 0 Å². The van der Waals surface area contributed by atoms with E-state index >= 15 is 0 Å². The highest BCUT2D eigenvalue weighted by molar-refractivity contribution is 6.72. The maximum atomic E-state index is 5.22. The third kappa shape index (κ3) is 23.8. The second-order valence-corrected chi connectivity index (χ2v) is 9.17. The van der Waals surface area contributed by atoms with Gasteiger partial charge in [0.05, 0.1) is 0 Å². The van der Waals surface area contributed by atoms with E-state index in [9.17, 15) is 0 Å². The van der Waals surface area contributed by atoms with Crippen LogP contribution in [0.2, 0.25) is 19.6 Å². The summed E-state index contributed by atoms with van der Waals surface area (Å²) in [5.74, 6) is 0. The molecule has 10 heavy (non-hydrogen) atoms. The summed E-state index contributed by atoms with van der Waals surface area (Å²) in [7, 11) is -0.160. The van der Waals surface area contributed by atoms with Crippen LogP contribution >= 0.6 is 0 Å². The second-order valence-electron chi connectivity index (χ2n) is 3.32. The van der Waals surface area contributed by atoms with Crippen LogP contribution in [0.4, 0.5) is 0 Å². The van der Waals surface area contributed by atoms with Crippen molar-refractivity contribution in [1.82, 2.24) is 0 Å². The molecule has 0 aliphatic heterocycles. The molecule has 3 heteroatoms. The van der Waals surface area contributed by atoms with Crippen molar-refractivity contribution in [3.8, 4) is 0 Å². The molecule has 0 aliphatic carbocycles. The summed E-state index contributed by atoms with van der Waals surface area (Å²) < 4.78 is 5.22. The first-order chi connectivity index (χ1) is 4.47. The highest BCUT2D eigenvalue weighted by atomic mass is 28.4. The van der Waals surface area contributed by atoms with Gasteiger partial charge in [0.2, 0.25) is 0 Å². The van der Waals surface area contributed by atoms with Gasteiger partial charge >= 0.3 is 0 Å². The van der Waals surface area contributed by atoms with E-state index in [0.717, 1.165) is 10.5 Å². The van der Waals surface area contributed by atoms with Gasteiger partial charge in [0, 0.05) is 0 Å². The van der Waals surface area contributed by atoms with Crippen molar-refractivity contribution in [2.75, 3.05) is 0 Å². The first-order valence-corrected chi connectivity index (χ1v) is 8.25. The fourth-order valence-electron chi connectivity index (χ4n) is 0. The van der Waals surface area contributed by atoms with Crippen LogP contribution in [0.25, 0.3) is 0 Å². The van der Waals surface area contributed by atoms with Gasteiger partial charge in [0.1, 0.15) is 10.5 Å². The van der Waals surface area contributed by atoms with Crippen molar-refractivity contribution in [2.24, 2.45) is 0 Å². The van der Waals surface area contributed by atoms with E-state index in [-0.39, 0.29) is 0 Å². The van der Waals surface area contributed by atoms with Gasteiger partial charge in [0.15, 0.2) is 8.32 Å². The van der Waals surface area contributed by atoms with Gasteiger partial charge in [0.25, 0.3) is 0 Å². The van der Waals surface area contributed by atoms with Crippen LogP contribution in [0.15, 0.2) is 0 Å². The molecule has 0 aromatic rings. The van der Waals surface area contributed by atoms with E-state index in [1.54, 1.807) is 0 Å². The Balaban J connectivity index is 0. The Morgan fingerprint density at radius 2 is 1.30 bits per heavy atom. The molecule has 0 radical (unpaired) electrons. The second kappa shape index (κ2) is 7.50. The number of rotatable bonds is 2. The lowest BCUT2D eigenvalue weighted by Crippen LogP contribution is -2.23. The molecule has 0 N–H and O–H groups in total. The van der Waals surface area contributed by atoms with Crippen molar-refractivity contribution in [3.63, 3.8) is 0 Å². The quantitative estimate of drug-likeness (QED) is 0.587. The minimum Gasteiger partial charge on any atom is -0.464 e. The van der Waals surface area contributed by atoms with Crippen LogP contribution in [0.3, 0.4) is 0 Å². The summed E-state index contributed by atoms with van der Waals surface area (Å²) in [4.78, 5) is 0. The molecule has 64 valence electrons. The van der Waals surface area contributed by atoms with E-state index in [2.05, 4.69) is 33.5 Å². The summed E-state index contributed by atoms with van der Waals surface area (Å²) in [6.07, 6.45) is 2.64. The van der Waals surface area contributed by atoms with E-state index < -0.39 is 8.32 Å². The smallest absolute Gasteiger partial charge is 0.169 e. The monoisotopic (exact) mass is 178 g/mol. The number of unbranched alkanes of at least 4 members (excludes halogenated alkanes) is 1. The molecular weight excluding hydrogens is 156 g/mol. The third-order valence-electron chi connectivity index (χ3n) is 1.11. The fourth-order valence-corrected chi connectivity index (χ4v) is 0. The predicted molar refractivity (Wildman–Crippen MR) is 55.0 cm³/mol. The summed E-state index contributed by atoms with van der Waals surface area (Å²) in [6, 6.07) is 0. The Morgan fingerprint density at radius 1 is 1.10 bits per heavy atom. The van der Waals surface area contributed by atoms with E-state index in [1.165, 1.54) is 12.8 Å². The maximum absolute atomic E-state index is 5.22. The molecule has 0 heterocycles. The standard InChI is InChI=1S/C4H10.C3H12OSi2/c1-3-4-2;1-6(2,3)4-5/h3-4H2,1-2H3;1-3,5H3. The highest BCUT2D eigenvalue weighted by Crippen LogP contribution is 1.96. The minimum absolute atomic E-state index is 0.910. The molecule has 0 saturated carbocycles. The van der Waals surface area contributed by atoms with Gasteiger partial charge in [-0.1, -0.05) is 26.7 Å². The van der Waals surface area contributed by atoms with Crippen molar-refractivity contribution in [2.45, 2.75) is 46.3 Å². The van der Waals surface area contributed by atoms with E-state index in [4.69, 9.17) is 4.12 Å². The Labute approximate surface area is 69.8 Å². The van der Waals surface area contributed by atoms with Gasteiger partial charge in [-0.2, -0.15) is 0 Å². The summed E-state index contributed by atoms with van der Waals surface area (Å²) in [5.41, 5.74) is 0. The molecule has 0 saturated heterocycles. The molecular formula is C7H22OSi2. The van der Waals surface area contributed by atoms with E-state index in [1.807, 2.05) is 0 Å². The average molecular weight is 178 g/mol. The van der Waals surface area contributed by atoms with Crippen LogP contribution in [0, 0.1) is 0 Å². The fraction of sp³-hybridized carbons (Fsp3) is 1.00. The molecule has 0 fully saturated rings. The zero-order valence-electron chi connectivity index (χ0n) is 8.32. The van der Waals surface area contributed by atoms with Gasteiger partial charge in [-0.15, -0.1) is 0 Å². The zero-order chi connectivity index (χ0) is 8.62. The first kappa shape index (κ1) is 13.0. The normalized spacial score (nSPS) is 10.5. The van der Waals surface area contributed by atoms with Crippen molar-refractivity contribution >= 4 is 18.8 Å². The Morgan fingerprint density at radius 3 is 1.30 bits per heavy atom. The third-order valence-corrected chi connectivity index (χ3v) is 6.01. The van der Waals surface area contributed by atoms with Crippen LogP contribution in [0.1, 0.15) is 26.7 Å². The van der Waals surface area contributed by atoms with Crippen LogP contribution in [-0.2, 0) is 4.12 Å². The highest BCUT2D eigenvalue weighted by Gasteiger charge is 2.08. The lowest BCUT2D eigenvalue weighted by molar-refractivity contribution is 0.620. The van der Waals surface area contributed by atoms with Crippen molar-refractivity contribution in [3.05, 3.63) is 0 Å². The Kier molecular flexibility index (Phi) is 9.76. The van der Waals surface area contributed by atoms with Gasteiger partial charge < -0.3 is 4.12 Å². The van der Waals surface area contributed by atoms with Crippen LogP contribution < -0.4 is 0 Å². The first-order valence-electron chi connectivity index (χ1n) is 4.03. The molecule has 0 amide bonds. The van der Waals surface area contributed by atoms with Crippen molar-refractivity contribution in [1.29, 1.82) is 0 Å². The number of hydrogen-bond donors (Lipinski definition) is 0. The van der Waals surface area contributed by atoms with E-state index in [0.29, 0.717) is 0 Å². The molecule has 0 aromatic carbocycles. The molecule has 0 aliphatic rings. The predicted octanol–water partition coefficient (Wildman–Crippen LogP) is 1.92.